The second kappa shape index (κ2) is 6.02. The molecule has 0 aliphatic rings. The van der Waals surface area contributed by atoms with Gasteiger partial charge < -0.3 is 10.1 Å². The number of aromatic nitrogens is 2. The number of nitrogens with one attached hydrogen (secondary N) is 1. The fourth-order valence-electron chi connectivity index (χ4n) is 1.73. The first-order chi connectivity index (χ1) is 9.10. The summed E-state index contributed by atoms with van der Waals surface area (Å²) >= 11 is 3.45. The van der Waals surface area contributed by atoms with Gasteiger partial charge in [-0.1, -0.05) is 15.9 Å². The molecular formula is C14H16BrN3O. The molecule has 0 radical (unpaired) electrons. The van der Waals surface area contributed by atoms with Crippen LogP contribution in [0, 0.1) is 0 Å². The highest BCUT2D eigenvalue weighted by Crippen LogP contribution is 2.31. The number of hydrogen-bond donors (Lipinski definition) is 1. The Morgan fingerprint density at radius 2 is 1.95 bits per heavy atom. The van der Waals surface area contributed by atoms with E-state index >= 15 is 0 Å². The SMILES string of the molecule is COc1ccc(Br)cc1-c1ccc(NC(C)C)nn1. The summed E-state index contributed by atoms with van der Waals surface area (Å²) in [5.74, 6) is 1.55. The molecule has 5 heteroatoms. The molecule has 1 N–H and O–H groups in total. The number of rotatable bonds is 4. The Balaban J connectivity index is 2.34. The second-order valence-electron chi connectivity index (χ2n) is 4.45. The summed E-state index contributed by atoms with van der Waals surface area (Å²) in [4.78, 5) is 0. The quantitative estimate of drug-likeness (QED) is 0.932. The van der Waals surface area contributed by atoms with Crippen molar-refractivity contribution in [1.29, 1.82) is 0 Å². The molecule has 4 nitrogen and oxygen atoms in total. The molecule has 19 heavy (non-hydrogen) atoms. The van der Waals surface area contributed by atoms with Gasteiger partial charge in [0.2, 0.25) is 0 Å². The number of nitrogens with zero attached hydrogens (tertiary/aromatic N) is 2. The molecule has 2 rings (SSSR count). The van der Waals surface area contributed by atoms with Crippen LogP contribution in [0.25, 0.3) is 11.3 Å². The first-order valence-corrected chi connectivity index (χ1v) is 6.83. The molecule has 0 fully saturated rings. The van der Waals surface area contributed by atoms with E-state index < -0.39 is 0 Å². The third-order valence-corrected chi connectivity index (χ3v) is 3.03. The Morgan fingerprint density at radius 3 is 2.53 bits per heavy atom. The average molecular weight is 322 g/mol. The Kier molecular flexibility index (Phi) is 4.37. The van der Waals surface area contributed by atoms with Crippen LogP contribution in [0.1, 0.15) is 13.8 Å². The van der Waals surface area contributed by atoms with Crippen LogP contribution < -0.4 is 10.1 Å². The number of ether oxygens (including phenoxy) is 1. The molecule has 0 saturated heterocycles. The van der Waals surface area contributed by atoms with E-state index in [-0.39, 0.29) is 0 Å². The van der Waals surface area contributed by atoms with Crippen LogP contribution >= 0.6 is 15.9 Å². The van der Waals surface area contributed by atoms with Crippen LogP contribution in [0.5, 0.6) is 5.75 Å². The van der Waals surface area contributed by atoms with Crippen molar-refractivity contribution in [3.63, 3.8) is 0 Å². The lowest BCUT2D eigenvalue weighted by molar-refractivity contribution is 0.416. The van der Waals surface area contributed by atoms with Gasteiger partial charge in [-0.3, -0.25) is 0 Å². The lowest BCUT2D eigenvalue weighted by atomic mass is 10.1. The van der Waals surface area contributed by atoms with Gasteiger partial charge in [-0.05, 0) is 44.2 Å². The highest BCUT2D eigenvalue weighted by molar-refractivity contribution is 9.10. The predicted molar refractivity (Wildman–Crippen MR) is 80.5 cm³/mol. The number of methoxy groups -OCH3 is 1. The smallest absolute Gasteiger partial charge is 0.148 e. The minimum absolute atomic E-state index is 0.334. The molecule has 2 aromatic rings. The fourth-order valence-corrected chi connectivity index (χ4v) is 2.09. The highest BCUT2D eigenvalue weighted by Gasteiger charge is 2.09. The number of halogens is 1. The minimum Gasteiger partial charge on any atom is -0.496 e. The molecule has 0 saturated carbocycles. The molecule has 1 aromatic carbocycles. The van der Waals surface area contributed by atoms with Gasteiger partial charge in [0.1, 0.15) is 11.6 Å². The van der Waals surface area contributed by atoms with E-state index in [4.69, 9.17) is 4.74 Å². The summed E-state index contributed by atoms with van der Waals surface area (Å²) in [7, 11) is 1.65. The van der Waals surface area contributed by atoms with Gasteiger partial charge in [0.25, 0.3) is 0 Å². The van der Waals surface area contributed by atoms with Crippen LogP contribution in [0.2, 0.25) is 0 Å². The largest absolute Gasteiger partial charge is 0.496 e. The zero-order valence-corrected chi connectivity index (χ0v) is 12.7. The summed E-state index contributed by atoms with van der Waals surface area (Å²) in [5.41, 5.74) is 1.70. The summed E-state index contributed by atoms with van der Waals surface area (Å²) in [6.07, 6.45) is 0. The van der Waals surface area contributed by atoms with Gasteiger partial charge in [0, 0.05) is 16.1 Å². The lowest BCUT2D eigenvalue weighted by Gasteiger charge is -2.10. The van der Waals surface area contributed by atoms with Crippen LogP contribution in [0.4, 0.5) is 5.82 Å². The fraction of sp³-hybridized carbons (Fsp3) is 0.286. The predicted octanol–water partition coefficient (Wildman–Crippen LogP) is 3.74. The zero-order valence-electron chi connectivity index (χ0n) is 11.1. The van der Waals surface area contributed by atoms with Gasteiger partial charge in [-0.15, -0.1) is 10.2 Å². The average Bonchev–Trinajstić information content (AvgIpc) is 2.39. The van der Waals surface area contributed by atoms with Gasteiger partial charge in [-0.2, -0.15) is 0 Å². The van der Waals surface area contributed by atoms with E-state index in [0.29, 0.717) is 6.04 Å². The maximum absolute atomic E-state index is 5.35. The molecule has 0 amide bonds. The van der Waals surface area contributed by atoms with Crippen molar-refractivity contribution in [2.24, 2.45) is 0 Å². The number of anilines is 1. The minimum atomic E-state index is 0.334. The van der Waals surface area contributed by atoms with E-state index in [0.717, 1.165) is 27.3 Å². The van der Waals surface area contributed by atoms with Gasteiger partial charge in [0.15, 0.2) is 0 Å². The molecule has 0 atom stereocenters. The monoisotopic (exact) mass is 321 g/mol. The van der Waals surface area contributed by atoms with Crippen LogP contribution in [0.3, 0.4) is 0 Å². The first kappa shape index (κ1) is 13.8. The van der Waals surface area contributed by atoms with Gasteiger partial charge in [-0.25, -0.2) is 0 Å². The summed E-state index contributed by atoms with van der Waals surface area (Å²) in [6.45, 7) is 4.12. The third-order valence-electron chi connectivity index (χ3n) is 2.54. The van der Waals surface area contributed by atoms with E-state index in [1.54, 1.807) is 7.11 Å². The molecule has 0 spiro atoms. The van der Waals surface area contributed by atoms with Crippen LogP contribution in [-0.4, -0.2) is 23.3 Å². The van der Waals surface area contributed by atoms with E-state index in [2.05, 4.69) is 45.3 Å². The van der Waals surface area contributed by atoms with Gasteiger partial charge in [0.05, 0.1) is 12.8 Å². The standard InChI is InChI=1S/C14H16BrN3O/c1-9(2)16-14-7-5-12(17-18-14)11-8-10(15)4-6-13(11)19-3/h4-9H,1-3H3,(H,16,18). The number of benzene rings is 1. The Hall–Kier alpha value is -1.62. The van der Waals surface area contributed by atoms with Crippen molar-refractivity contribution < 1.29 is 4.74 Å². The Bertz CT molecular complexity index is 555. The second-order valence-corrected chi connectivity index (χ2v) is 5.36. The van der Waals surface area contributed by atoms with E-state index in [9.17, 15) is 0 Å². The maximum atomic E-state index is 5.35. The molecule has 1 aromatic heterocycles. The molecule has 0 bridgehead atoms. The molecular weight excluding hydrogens is 306 g/mol. The van der Waals surface area contributed by atoms with Crippen molar-refractivity contribution in [2.75, 3.05) is 12.4 Å². The van der Waals surface area contributed by atoms with Crippen molar-refractivity contribution in [1.82, 2.24) is 10.2 Å². The Labute approximate surface area is 121 Å². The number of hydrogen-bond acceptors (Lipinski definition) is 4. The summed E-state index contributed by atoms with van der Waals surface area (Å²) in [5, 5.41) is 11.6. The molecule has 1 heterocycles. The zero-order chi connectivity index (χ0) is 13.8. The Morgan fingerprint density at radius 1 is 1.16 bits per heavy atom. The van der Waals surface area contributed by atoms with Crippen LogP contribution in [0.15, 0.2) is 34.8 Å². The normalized spacial score (nSPS) is 10.6. The lowest BCUT2D eigenvalue weighted by Crippen LogP contribution is -2.11. The highest BCUT2D eigenvalue weighted by atomic mass is 79.9. The molecule has 0 aliphatic carbocycles. The molecule has 100 valence electrons. The summed E-state index contributed by atoms with van der Waals surface area (Å²) in [6, 6.07) is 10.00. The van der Waals surface area contributed by atoms with Crippen molar-refractivity contribution in [2.45, 2.75) is 19.9 Å². The summed E-state index contributed by atoms with van der Waals surface area (Å²) < 4.78 is 6.33. The van der Waals surface area contributed by atoms with Crippen molar-refractivity contribution in [3.05, 3.63) is 34.8 Å². The topological polar surface area (TPSA) is 47.0 Å². The van der Waals surface area contributed by atoms with Gasteiger partial charge >= 0.3 is 0 Å². The molecule has 0 unspecified atom stereocenters. The van der Waals surface area contributed by atoms with Crippen LogP contribution in [-0.2, 0) is 0 Å². The first-order valence-electron chi connectivity index (χ1n) is 6.04. The maximum Gasteiger partial charge on any atom is 0.148 e. The van der Waals surface area contributed by atoms with Crippen molar-refractivity contribution in [3.8, 4) is 17.0 Å². The van der Waals surface area contributed by atoms with E-state index in [1.165, 1.54) is 0 Å². The molecule has 0 aliphatic heterocycles. The van der Waals surface area contributed by atoms with Crippen molar-refractivity contribution >= 4 is 21.7 Å². The van der Waals surface area contributed by atoms with E-state index in [1.807, 2.05) is 30.3 Å². The third kappa shape index (κ3) is 3.44.